The number of fused-ring (bicyclic) bond motifs is 1. The Morgan fingerprint density at radius 3 is 2.62 bits per heavy atom. The van der Waals surface area contributed by atoms with Crippen LogP contribution in [0.25, 0.3) is 16.5 Å². The van der Waals surface area contributed by atoms with Gasteiger partial charge in [-0.15, -0.1) is 0 Å². The van der Waals surface area contributed by atoms with Gasteiger partial charge in [0.2, 0.25) is 11.6 Å². The van der Waals surface area contributed by atoms with Crippen molar-refractivity contribution in [3.8, 4) is 11.4 Å². The minimum atomic E-state index is -0.538. The lowest BCUT2D eigenvalue weighted by molar-refractivity contribution is -0.704. The highest BCUT2D eigenvalue weighted by molar-refractivity contribution is 7.99. The van der Waals surface area contributed by atoms with E-state index in [0.29, 0.717) is 17.1 Å². The van der Waals surface area contributed by atoms with Crippen molar-refractivity contribution >= 4 is 34.1 Å². The van der Waals surface area contributed by atoms with Crippen molar-refractivity contribution in [1.29, 1.82) is 0 Å². The third kappa shape index (κ3) is 4.17. The average Bonchev–Trinajstić information content (AvgIpc) is 3.12. The number of benzene rings is 3. The van der Waals surface area contributed by atoms with Crippen LogP contribution in [0.5, 0.6) is 5.75 Å². The molecule has 4 rings (SSSR count). The number of aromatic amines is 1. The van der Waals surface area contributed by atoms with E-state index in [4.69, 9.17) is 9.26 Å². The van der Waals surface area contributed by atoms with Crippen LogP contribution in [-0.2, 0) is 4.79 Å². The van der Waals surface area contributed by atoms with Gasteiger partial charge in [0.25, 0.3) is 0 Å². The molecule has 1 heterocycles. The molecule has 0 aliphatic heterocycles. The number of hydrogen-bond acceptors (Lipinski definition) is 5. The number of aromatic nitrogens is 2. The maximum Gasteiger partial charge on any atom is 0.442 e. The predicted molar refractivity (Wildman–Crippen MR) is 111 cm³/mol. The molecule has 0 aliphatic carbocycles. The number of carbonyl (C=O) groups excluding carboxylic acids is 1. The van der Waals surface area contributed by atoms with Crippen LogP contribution in [0.1, 0.15) is 0 Å². The van der Waals surface area contributed by atoms with Crippen LogP contribution in [0.4, 0.5) is 5.69 Å². The average molecular weight is 408 g/mol. The molecule has 0 spiro atoms. The maximum atomic E-state index is 12.4. The maximum absolute atomic E-state index is 12.4. The number of nitrogens with zero attached hydrogens (tertiary/aromatic N) is 1. The highest BCUT2D eigenvalue weighted by Gasteiger charge is 2.25. The number of amides is 1. The summed E-state index contributed by atoms with van der Waals surface area (Å²) >= 11 is 1.10. The molecular formula is C21H18N3O4S+. The molecule has 29 heavy (non-hydrogen) atoms. The van der Waals surface area contributed by atoms with Crippen molar-refractivity contribution in [1.82, 2.24) is 5.27 Å². The van der Waals surface area contributed by atoms with Crippen molar-refractivity contribution in [2.75, 3.05) is 18.2 Å². The van der Waals surface area contributed by atoms with Gasteiger partial charge in [-0.1, -0.05) is 30.3 Å². The fraction of sp³-hybridized carbons (Fsp3) is 0.0952. The van der Waals surface area contributed by atoms with Gasteiger partial charge in [0.15, 0.2) is 0 Å². The molecule has 0 atom stereocenters. The van der Waals surface area contributed by atoms with Gasteiger partial charge in [0, 0.05) is 17.8 Å². The van der Waals surface area contributed by atoms with Crippen molar-refractivity contribution < 1.29 is 18.7 Å². The Morgan fingerprint density at radius 1 is 1.10 bits per heavy atom. The molecule has 4 aromatic rings. The van der Waals surface area contributed by atoms with Crippen LogP contribution in [0, 0.1) is 0 Å². The van der Waals surface area contributed by atoms with Gasteiger partial charge in [0.1, 0.15) is 5.75 Å². The van der Waals surface area contributed by atoms with Gasteiger partial charge < -0.3 is 10.1 Å². The number of methoxy groups -OCH3 is 1. The second-order valence-electron chi connectivity index (χ2n) is 6.22. The van der Waals surface area contributed by atoms with E-state index in [1.54, 1.807) is 31.4 Å². The van der Waals surface area contributed by atoms with Gasteiger partial charge in [-0.2, -0.15) is 0 Å². The molecule has 0 fully saturated rings. The van der Waals surface area contributed by atoms with Crippen LogP contribution in [0.15, 0.2) is 81.1 Å². The van der Waals surface area contributed by atoms with Crippen molar-refractivity contribution in [2.45, 2.75) is 5.03 Å². The molecule has 0 bridgehead atoms. The first-order valence-corrected chi connectivity index (χ1v) is 9.82. The van der Waals surface area contributed by atoms with Crippen LogP contribution < -0.4 is 20.4 Å². The van der Waals surface area contributed by atoms with Gasteiger partial charge in [-0.05, 0) is 56.8 Å². The minimum absolute atomic E-state index is 0.0611. The summed E-state index contributed by atoms with van der Waals surface area (Å²) in [6, 6.07) is 20.8. The summed E-state index contributed by atoms with van der Waals surface area (Å²) in [6.45, 7) is 0. The number of thioether (sulfide) groups is 1. The molecule has 146 valence electrons. The number of rotatable bonds is 6. The van der Waals surface area contributed by atoms with Crippen LogP contribution in [0.3, 0.4) is 0 Å². The first-order valence-electron chi connectivity index (χ1n) is 8.83. The third-order valence-electron chi connectivity index (χ3n) is 4.31. The lowest BCUT2D eigenvalue weighted by atomic mass is 10.1. The standard InChI is InChI=1S/C21H17N3O4S/c1-27-18-10-8-17(9-11-18)24-20(21(26)28-23-24)29-13-19(25)22-16-7-6-14-4-2-3-5-15(14)12-16/h2-12H,13H2,1H3,(H-,22,23,25,26)/p+1. The topological polar surface area (TPSA) is 88.2 Å². The predicted octanol–water partition coefficient (Wildman–Crippen LogP) is 3.14. The van der Waals surface area contributed by atoms with Gasteiger partial charge in [0.05, 0.1) is 12.9 Å². The largest absolute Gasteiger partial charge is 0.497 e. The summed E-state index contributed by atoms with van der Waals surface area (Å²) in [5.74, 6) is 0.544. The Kier molecular flexibility index (Phi) is 5.35. The molecule has 0 saturated carbocycles. The van der Waals surface area contributed by atoms with Crippen LogP contribution in [0.2, 0.25) is 0 Å². The molecular weight excluding hydrogens is 390 g/mol. The smallest absolute Gasteiger partial charge is 0.442 e. The van der Waals surface area contributed by atoms with E-state index >= 15 is 0 Å². The van der Waals surface area contributed by atoms with Crippen molar-refractivity contribution in [3.63, 3.8) is 0 Å². The number of nitrogens with one attached hydrogen (secondary N) is 2. The second kappa shape index (κ2) is 8.24. The summed E-state index contributed by atoms with van der Waals surface area (Å²) in [7, 11) is 1.58. The lowest BCUT2D eigenvalue weighted by Gasteiger charge is -2.05. The molecule has 3 aromatic carbocycles. The fourth-order valence-electron chi connectivity index (χ4n) is 2.89. The minimum Gasteiger partial charge on any atom is -0.497 e. The van der Waals surface area contributed by atoms with Crippen molar-refractivity contribution in [2.24, 2.45) is 0 Å². The van der Waals surface area contributed by atoms with Gasteiger partial charge in [-0.25, -0.2) is 4.79 Å². The van der Waals surface area contributed by atoms with Gasteiger partial charge >= 0.3 is 10.7 Å². The van der Waals surface area contributed by atoms with E-state index in [1.807, 2.05) is 42.5 Å². The number of H-pyrrole nitrogens is 1. The van der Waals surface area contributed by atoms with Crippen molar-refractivity contribution in [3.05, 3.63) is 77.2 Å². The second-order valence-corrected chi connectivity index (χ2v) is 7.18. The summed E-state index contributed by atoms with van der Waals surface area (Å²) in [5.41, 5.74) is 0.858. The highest BCUT2D eigenvalue weighted by atomic mass is 32.2. The van der Waals surface area contributed by atoms with Gasteiger partial charge in [-0.3, -0.25) is 9.32 Å². The van der Waals surface area contributed by atoms with E-state index in [9.17, 15) is 9.59 Å². The molecule has 1 aromatic heterocycles. The Labute approximate surface area is 170 Å². The summed E-state index contributed by atoms with van der Waals surface area (Å²) in [6.07, 6.45) is 0. The number of carbonyl (C=O) groups is 1. The van der Waals surface area contributed by atoms with E-state index < -0.39 is 5.63 Å². The normalized spacial score (nSPS) is 10.8. The molecule has 0 radical (unpaired) electrons. The van der Waals surface area contributed by atoms with E-state index in [-0.39, 0.29) is 16.7 Å². The summed E-state index contributed by atoms with van der Waals surface area (Å²) in [4.78, 5) is 24.4. The zero-order valence-corrected chi connectivity index (χ0v) is 16.4. The molecule has 0 saturated heterocycles. The third-order valence-corrected chi connectivity index (χ3v) is 5.34. The zero-order chi connectivity index (χ0) is 20.2. The molecule has 0 unspecified atom stereocenters. The van der Waals surface area contributed by atoms with Crippen LogP contribution >= 0.6 is 11.8 Å². The first kappa shape index (κ1) is 18.8. The monoisotopic (exact) mass is 408 g/mol. The summed E-state index contributed by atoms with van der Waals surface area (Å²) in [5, 5.41) is 7.85. The molecule has 7 nitrogen and oxygen atoms in total. The first-order chi connectivity index (χ1) is 14.1. The SMILES string of the molecule is COc1ccc(-[n+]2[nH]oc(=O)c2SCC(=O)Nc2ccc3ccccc3c2)cc1. The molecule has 0 aliphatic rings. The molecule has 8 heteroatoms. The highest BCUT2D eigenvalue weighted by Crippen LogP contribution is 2.20. The Balaban J connectivity index is 1.46. The number of anilines is 1. The zero-order valence-electron chi connectivity index (χ0n) is 15.5. The van der Waals surface area contributed by atoms with E-state index in [2.05, 4.69) is 10.6 Å². The lowest BCUT2D eigenvalue weighted by Crippen LogP contribution is -2.36. The molecule has 2 N–H and O–H groups in total. The Bertz CT molecular complexity index is 1210. The molecule has 1 amide bonds. The fourth-order valence-corrected chi connectivity index (χ4v) is 3.66. The number of ether oxygens (including phenoxy) is 1. The Hall–Kier alpha value is -3.52. The van der Waals surface area contributed by atoms with E-state index in [0.717, 1.165) is 22.5 Å². The Morgan fingerprint density at radius 2 is 1.86 bits per heavy atom. The summed E-state index contributed by atoms with van der Waals surface area (Å²) < 4.78 is 11.5. The number of hydrogen-bond donors (Lipinski definition) is 2. The van der Waals surface area contributed by atoms with E-state index in [1.165, 1.54) is 4.68 Å². The van der Waals surface area contributed by atoms with Crippen LogP contribution in [-0.4, -0.2) is 24.0 Å². The quantitative estimate of drug-likeness (QED) is 0.378.